The Labute approximate surface area is 145 Å². The van der Waals surface area contributed by atoms with Gasteiger partial charge in [0.1, 0.15) is 6.10 Å². The summed E-state index contributed by atoms with van der Waals surface area (Å²) in [6.45, 7) is 2.18. The molecule has 5 atom stereocenters. The van der Waals surface area contributed by atoms with Gasteiger partial charge in [0, 0.05) is 12.3 Å². The van der Waals surface area contributed by atoms with Crippen LogP contribution in [0.1, 0.15) is 64.7 Å². The number of hydrogen-bond acceptors (Lipinski definition) is 4. The maximum Gasteiger partial charge on any atom is 0.306 e. The molecule has 0 radical (unpaired) electrons. The van der Waals surface area contributed by atoms with Gasteiger partial charge in [-0.2, -0.15) is 0 Å². The molecule has 1 saturated carbocycles. The van der Waals surface area contributed by atoms with Crippen molar-refractivity contribution in [1.82, 2.24) is 0 Å². The molecule has 2 fully saturated rings. The van der Waals surface area contributed by atoms with Crippen LogP contribution in [0, 0.1) is 11.8 Å². The maximum absolute atomic E-state index is 11.3. The van der Waals surface area contributed by atoms with Crippen molar-refractivity contribution in [3.05, 3.63) is 24.3 Å². The predicted molar refractivity (Wildman–Crippen MR) is 94.4 cm³/mol. The Kier molecular flexibility index (Phi) is 8.00. The molecule has 0 unspecified atom stereocenters. The highest BCUT2D eigenvalue weighted by Gasteiger charge is 2.44. The first kappa shape index (κ1) is 19.2. The fourth-order valence-corrected chi connectivity index (χ4v) is 3.31. The van der Waals surface area contributed by atoms with Crippen LogP contribution in [0.4, 0.5) is 0 Å². The summed E-state index contributed by atoms with van der Waals surface area (Å²) >= 11 is 0. The molecule has 1 heterocycles. The summed E-state index contributed by atoms with van der Waals surface area (Å²) in [4.78, 5) is 11.3. The lowest BCUT2D eigenvalue weighted by Gasteiger charge is -2.22. The van der Waals surface area contributed by atoms with E-state index in [1.807, 2.05) is 12.2 Å². The smallest absolute Gasteiger partial charge is 0.306 e. The summed E-state index contributed by atoms with van der Waals surface area (Å²) < 4.78 is 5.39. The van der Waals surface area contributed by atoms with Gasteiger partial charge in [-0.05, 0) is 44.4 Å². The molecular formula is C20H32O4. The van der Waals surface area contributed by atoms with Crippen LogP contribution in [0.2, 0.25) is 0 Å². The van der Waals surface area contributed by atoms with E-state index in [0.717, 1.165) is 25.7 Å². The standard InChI is InChI=1S/C20H32O4/c1-2-3-4-5-6-7-9-17(21)18(22)13-12-15-14-16(15)19-10-8-11-20(23)24-19/h6-7,12-13,15-19,21-22H,2-5,8-11,14H2,1H3/b7-6-,13-12+/t15-,16-,17-,18-,19+/m0/s1. The Morgan fingerprint density at radius 2 is 2.12 bits per heavy atom. The monoisotopic (exact) mass is 336 g/mol. The van der Waals surface area contributed by atoms with Gasteiger partial charge in [-0.3, -0.25) is 4.79 Å². The van der Waals surface area contributed by atoms with Crippen LogP contribution in [0.5, 0.6) is 0 Å². The quantitative estimate of drug-likeness (QED) is 0.364. The second-order valence-electron chi connectivity index (χ2n) is 7.13. The summed E-state index contributed by atoms with van der Waals surface area (Å²) in [6, 6.07) is 0. The highest BCUT2D eigenvalue weighted by molar-refractivity contribution is 5.70. The molecule has 1 saturated heterocycles. The highest BCUT2D eigenvalue weighted by Crippen LogP contribution is 2.46. The molecule has 0 aromatic rings. The zero-order valence-corrected chi connectivity index (χ0v) is 14.8. The van der Waals surface area contributed by atoms with E-state index in [9.17, 15) is 15.0 Å². The molecule has 4 heteroatoms. The van der Waals surface area contributed by atoms with Crippen LogP contribution in [-0.4, -0.2) is 34.5 Å². The van der Waals surface area contributed by atoms with Crippen molar-refractivity contribution in [2.45, 2.75) is 83.0 Å². The van der Waals surface area contributed by atoms with Crippen LogP contribution in [0.3, 0.4) is 0 Å². The van der Waals surface area contributed by atoms with Crippen molar-refractivity contribution in [1.29, 1.82) is 0 Å². The normalized spacial score (nSPS) is 29.8. The van der Waals surface area contributed by atoms with Crippen molar-refractivity contribution < 1.29 is 19.7 Å². The lowest BCUT2D eigenvalue weighted by Crippen LogP contribution is -2.25. The van der Waals surface area contributed by atoms with E-state index < -0.39 is 12.2 Å². The van der Waals surface area contributed by atoms with Gasteiger partial charge in [-0.15, -0.1) is 0 Å². The van der Waals surface area contributed by atoms with E-state index in [1.165, 1.54) is 19.3 Å². The zero-order chi connectivity index (χ0) is 17.4. The Hall–Kier alpha value is -1.13. The van der Waals surface area contributed by atoms with Crippen LogP contribution in [-0.2, 0) is 9.53 Å². The third-order valence-corrected chi connectivity index (χ3v) is 4.99. The van der Waals surface area contributed by atoms with E-state index >= 15 is 0 Å². The Bertz CT molecular complexity index is 443. The molecule has 0 bridgehead atoms. The fraction of sp³-hybridized carbons (Fsp3) is 0.750. The Balaban J connectivity index is 1.64. The minimum Gasteiger partial charge on any atom is -0.462 e. The van der Waals surface area contributed by atoms with Crippen molar-refractivity contribution >= 4 is 5.97 Å². The largest absolute Gasteiger partial charge is 0.462 e. The topological polar surface area (TPSA) is 66.8 Å². The number of aliphatic hydroxyl groups is 2. The molecule has 1 aliphatic heterocycles. The number of esters is 1. The maximum atomic E-state index is 11.3. The summed E-state index contributed by atoms with van der Waals surface area (Å²) in [6.07, 6.45) is 14.7. The minimum atomic E-state index is -0.833. The van der Waals surface area contributed by atoms with Crippen LogP contribution in [0.25, 0.3) is 0 Å². The van der Waals surface area contributed by atoms with E-state index in [2.05, 4.69) is 13.0 Å². The minimum absolute atomic E-state index is 0.0500. The summed E-state index contributed by atoms with van der Waals surface area (Å²) in [7, 11) is 0. The van der Waals surface area contributed by atoms with Crippen LogP contribution < -0.4 is 0 Å². The number of aliphatic hydroxyl groups excluding tert-OH is 2. The Morgan fingerprint density at radius 3 is 2.88 bits per heavy atom. The molecule has 2 rings (SSSR count). The van der Waals surface area contributed by atoms with Gasteiger partial charge in [0.25, 0.3) is 0 Å². The number of unbranched alkanes of at least 4 members (excludes halogenated alkanes) is 3. The molecule has 2 aliphatic rings. The van der Waals surface area contributed by atoms with Crippen molar-refractivity contribution in [2.75, 3.05) is 0 Å². The highest BCUT2D eigenvalue weighted by atomic mass is 16.5. The molecule has 0 amide bonds. The summed E-state index contributed by atoms with van der Waals surface area (Å²) in [5.41, 5.74) is 0. The Morgan fingerprint density at radius 1 is 1.29 bits per heavy atom. The van der Waals surface area contributed by atoms with Gasteiger partial charge in [-0.25, -0.2) is 0 Å². The number of rotatable bonds is 10. The lowest BCUT2D eigenvalue weighted by molar-refractivity contribution is -0.155. The SMILES string of the molecule is CCCCC/C=C\C[C@H](O)[C@@H](O)/C=C/[C@H]1C[C@@H]1[C@H]1CCCC(=O)O1. The van der Waals surface area contributed by atoms with E-state index in [0.29, 0.717) is 24.7 Å². The van der Waals surface area contributed by atoms with Gasteiger partial charge >= 0.3 is 5.97 Å². The zero-order valence-electron chi connectivity index (χ0n) is 14.8. The van der Waals surface area contributed by atoms with E-state index in [4.69, 9.17) is 4.74 Å². The number of hydrogen-bond donors (Lipinski definition) is 2. The van der Waals surface area contributed by atoms with Crippen LogP contribution >= 0.6 is 0 Å². The lowest BCUT2D eigenvalue weighted by atomic mass is 10.0. The molecule has 0 aromatic carbocycles. The first-order valence-electron chi connectivity index (χ1n) is 9.50. The third-order valence-electron chi connectivity index (χ3n) is 4.99. The van der Waals surface area contributed by atoms with E-state index in [-0.39, 0.29) is 12.1 Å². The summed E-state index contributed by atoms with van der Waals surface area (Å²) in [5.74, 6) is 0.683. The second kappa shape index (κ2) is 10.00. The van der Waals surface area contributed by atoms with Crippen molar-refractivity contribution in [3.8, 4) is 0 Å². The van der Waals surface area contributed by atoms with Gasteiger partial charge in [0.05, 0.1) is 12.2 Å². The third kappa shape index (κ3) is 6.40. The number of allylic oxidation sites excluding steroid dienone is 2. The van der Waals surface area contributed by atoms with Gasteiger partial charge in [0.15, 0.2) is 0 Å². The number of ether oxygens (including phenoxy) is 1. The van der Waals surface area contributed by atoms with Crippen molar-refractivity contribution in [2.24, 2.45) is 11.8 Å². The van der Waals surface area contributed by atoms with Gasteiger partial charge < -0.3 is 14.9 Å². The van der Waals surface area contributed by atoms with Crippen molar-refractivity contribution in [3.63, 3.8) is 0 Å². The number of carbonyl (C=O) groups is 1. The van der Waals surface area contributed by atoms with E-state index in [1.54, 1.807) is 6.08 Å². The molecule has 2 N–H and O–H groups in total. The molecule has 24 heavy (non-hydrogen) atoms. The number of cyclic esters (lactones) is 1. The van der Waals surface area contributed by atoms with Crippen LogP contribution in [0.15, 0.2) is 24.3 Å². The fourth-order valence-electron chi connectivity index (χ4n) is 3.31. The molecule has 1 aliphatic carbocycles. The average Bonchev–Trinajstić information content (AvgIpc) is 3.35. The molecule has 0 aromatic heterocycles. The molecule has 4 nitrogen and oxygen atoms in total. The van der Waals surface area contributed by atoms with Gasteiger partial charge in [-0.1, -0.05) is 44.1 Å². The molecule has 0 spiro atoms. The molecular weight excluding hydrogens is 304 g/mol. The molecule has 136 valence electrons. The first-order chi connectivity index (χ1) is 11.6. The first-order valence-corrected chi connectivity index (χ1v) is 9.50. The summed E-state index contributed by atoms with van der Waals surface area (Å²) in [5, 5.41) is 20.0. The average molecular weight is 336 g/mol. The predicted octanol–water partition coefficient (Wildman–Crippen LogP) is 3.52. The second-order valence-corrected chi connectivity index (χ2v) is 7.13. The van der Waals surface area contributed by atoms with Gasteiger partial charge in [0.2, 0.25) is 0 Å². The number of carbonyl (C=O) groups excluding carboxylic acids is 1.